The number of ether oxygens (including phenoxy) is 2. The van der Waals surface area contributed by atoms with Gasteiger partial charge in [0.2, 0.25) is 0 Å². The topological polar surface area (TPSA) is 108 Å². The largest absolute Gasteiger partial charge is 0.472 e. The van der Waals surface area contributed by atoms with Crippen LogP contribution in [0.2, 0.25) is 0 Å². The Kier molecular flexibility index (Phi) is 61.5. The number of unbranched alkanes of at least 4 members (excludes halogenated alkanes) is 41. The highest BCUT2D eigenvalue weighted by atomic mass is 31.2. The van der Waals surface area contributed by atoms with E-state index in [1.54, 1.807) is 0 Å². The number of allylic oxidation sites excluding steroid dienone is 10. The summed E-state index contributed by atoms with van der Waals surface area (Å²) in [4.78, 5) is 35.8. The summed E-state index contributed by atoms with van der Waals surface area (Å²) in [6, 6.07) is 0. The zero-order valence-electron chi connectivity index (χ0n) is 54.7. The highest BCUT2D eigenvalue weighted by Gasteiger charge is 2.27. The molecule has 0 fully saturated rings. The average molecular weight is 1170 g/mol. The van der Waals surface area contributed by atoms with Crippen LogP contribution in [0.25, 0.3) is 0 Å². The molecule has 0 saturated carbocycles. The van der Waals surface area contributed by atoms with Crippen LogP contribution in [0, 0.1) is 0 Å². The van der Waals surface area contributed by atoms with Crippen molar-refractivity contribution in [1.29, 1.82) is 0 Å². The minimum absolute atomic E-state index is 0.0347. The van der Waals surface area contributed by atoms with E-state index < -0.39 is 26.5 Å². The minimum atomic E-state index is -4.38. The first-order valence-corrected chi connectivity index (χ1v) is 36.5. The molecule has 0 aliphatic rings. The van der Waals surface area contributed by atoms with Crippen LogP contribution >= 0.6 is 7.82 Å². The monoisotopic (exact) mass is 1170 g/mol. The van der Waals surface area contributed by atoms with Gasteiger partial charge in [0.25, 0.3) is 0 Å². The van der Waals surface area contributed by atoms with E-state index in [0.717, 1.165) is 64.2 Å². The number of hydrogen-bond donors (Lipinski definition) is 1. The highest BCUT2D eigenvalue weighted by molar-refractivity contribution is 7.47. The lowest BCUT2D eigenvalue weighted by Gasteiger charge is -2.24. The number of hydrogen-bond acceptors (Lipinski definition) is 7. The zero-order valence-corrected chi connectivity index (χ0v) is 55.6. The van der Waals surface area contributed by atoms with Crippen LogP contribution in [0.1, 0.15) is 335 Å². The molecule has 2 atom stereocenters. The smallest absolute Gasteiger partial charge is 0.462 e. The second-order valence-corrected chi connectivity index (χ2v) is 26.4. The molecular weight excluding hydrogens is 1040 g/mol. The number of esters is 2. The van der Waals surface area contributed by atoms with Gasteiger partial charge in [-0.2, -0.15) is 0 Å². The number of quaternary nitrogens is 1. The van der Waals surface area contributed by atoms with E-state index in [0.29, 0.717) is 23.9 Å². The van der Waals surface area contributed by atoms with Crippen molar-refractivity contribution in [3.63, 3.8) is 0 Å². The molecule has 82 heavy (non-hydrogen) atoms. The molecule has 480 valence electrons. The lowest BCUT2D eigenvalue weighted by Crippen LogP contribution is -2.37. The molecule has 0 radical (unpaired) electrons. The van der Waals surface area contributed by atoms with Gasteiger partial charge in [-0.1, -0.05) is 325 Å². The maximum absolute atomic E-state index is 12.9. The van der Waals surface area contributed by atoms with Crippen molar-refractivity contribution in [2.24, 2.45) is 0 Å². The van der Waals surface area contributed by atoms with Crippen LogP contribution in [0.5, 0.6) is 0 Å². The third-order valence-corrected chi connectivity index (χ3v) is 16.5. The second-order valence-electron chi connectivity index (χ2n) is 24.9. The minimum Gasteiger partial charge on any atom is -0.462 e. The van der Waals surface area contributed by atoms with E-state index in [9.17, 15) is 19.0 Å². The molecule has 1 N–H and O–H groups in total. The van der Waals surface area contributed by atoms with Gasteiger partial charge in [0.1, 0.15) is 19.8 Å². The van der Waals surface area contributed by atoms with Crippen molar-refractivity contribution >= 4 is 19.8 Å². The average Bonchev–Trinajstić information content (AvgIpc) is 3.45. The molecule has 0 heterocycles. The van der Waals surface area contributed by atoms with Gasteiger partial charge in [0, 0.05) is 12.8 Å². The lowest BCUT2D eigenvalue weighted by atomic mass is 10.0. The molecule has 0 bridgehead atoms. The van der Waals surface area contributed by atoms with Gasteiger partial charge >= 0.3 is 19.8 Å². The Hall–Kier alpha value is -2.29. The van der Waals surface area contributed by atoms with Gasteiger partial charge < -0.3 is 18.9 Å². The van der Waals surface area contributed by atoms with Crippen LogP contribution in [0.15, 0.2) is 60.8 Å². The number of carbonyl (C=O) groups is 2. The maximum Gasteiger partial charge on any atom is 0.472 e. The third-order valence-electron chi connectivity index (χ3n) is 15.6. The predicted molar refractivity (Wildman–Crippen MR) is 353 cm³/mol. The normalized spacial score (nSPS) is 13.5. The summed E-state index contributed by atoms with van der Waals surface area (Å²) in [5.74, 6) is -0.777. The molecule has 2 unspecified atom stereocenters. The second kappa shape index (κ2) is 63.2. The van der Waals surface area contributed by atoms with Gasteiger partial charge in [0.15, 0.2) is 6.10 Å². The van der Waals surface area contributed by atoms with Crippen molar-refractivity contribution < 1.29 is 42.1 Å². The first-order valence-electron chi connectivity index (χ1n) is 35.0. The van der Waals surface area contributed by atoms with Crippen molar-refractivity contribution in [3.8, 4) is 0 Å². The van der Waals surface area contributed by atoms with Crippen LogP contribution in [0.4, 0.5) is 0 Å². The first-order chi connectivity index (χ1) is 40.0. The Labute approximate surface area is 508 Å². The van der Waals surface area contributed by atoms with E-state index in [1.807, 2.05) is 21.1 Å². The summed E-state index contributed by atoms with van der Waals surface area (Å²) in [7, 11) is 1.50. The SMILES string of the molecule is CC/C=C\C/C=C\C/C=C\C/C=C\C/C=C\CCCCCCCCCCCCCCCCCCCCCCCCCCCC(=O)OC(COC(=O)CCCCCCCCCCCCCCCCCCC)COP(=O)(O)OCC[N+](C)(C)C. The molecule has 0 spiro atoms. The summed E-state index contributed by atoms with van der Waals surface area (Å²) in [5.41, 5.74) is 0. The van der Waals surface area contributed by atoms with Crippen LogP contribution in [-0.2, 0) is 32.7 Å². The molecule has 0 aliphatic heterocycles. The highest BCUT2D eigenvalue weighted by Crippen LogP contribution is 2.43. The molecular formula is C72H135NO8P+. The van der Waals surface area contributed by atoms with Crippen LogP contribution < -0.4 is 0 Å². The molecule has 10 heteroatoms. The quantitative estimate of drug-likeness (QED) is 0.0211. The Morgan fingerprint density at radius 3 is 1.04 bits per heavy atom. The number of nitrogens with zero attached hydrogens (tertiary/aromatic N) is 1. The van der Waals surface area contributed by atoms with Crippen molar-refractivity contribution in [2.75, 3.05) is 47.5 Å². The molecule has 0 aromatic carbocycles. The van der Waals surface area contributed by atoms with Crippen LogP contribution in [0.3, 0.4) is 0 Å². The molecule has 0 aliphatic carbocycles. The predicted octanol–water partition coefficient (Wildman–Crippen LogP) is 22.6. The van der Waals surface area contributed by atoms with Gasteiger partial charge in [-0.15, -0.1) is 0 Å². The van der Waals surface area contributed by atoms with E-state index >= 15 is 0 Å². The number of rotatable bonds is 65. The van der Waals surface area contributed by atoms with Crippen molar-refractivity contribution in [3.05, 3.63) is 60.8 Å². The third kappa shape index (κ3) is 66.8. The molecule has 0 saturated heterocycles. The van der Waals surface area contributed by atoms with Crippen LogP contribution in [-0.4, -0.2) is 74.9 Å². The van der Waals surface area contributed by atoms with Gasteiger partial charge in [0.05, 0.1) is 27.7 Å². The Morgan fingerprint density at radius 1 is 0.390 bits per heavy atom. The fourth-order valence-electron chi connectivity index (χ4n) is 10.2. The molecule has 0 rings (SSSR count). The lowest BCUT2D eigenvalue weighted by molar-refractivity contribution is -0.870. The zero-order chi connectivity index (χ0) is 59.8. The van der Waals surface area contributed by atoms with E-state index in [2.05, 4.69) is 74.6 Å². The fourth-order valence-corrected chi connectivity index (χ4v) is 11.0. The standard InChI is InChI=1S/C72H134NO8P/c1-6-8-10-12-14-16-18-20-22-24-25-26-27-28-29-30-31-32-33-34-35-36-37-38-39-40-41-42-43-44-45-46-47-49-51-53-55-57-59-61-63-65-72(75)81-70(69-80-82(76,77)79-67-66-73(3,4)5)68-78-71(74)64-62-60-58-56-54-52-50-48-23-21-19-17-15-13-11-9-7-2/h8,10,14,16,20,22,25-26,28-29,70H,6-7,9,11-13,15,17-19,21,23-24,27,30-69H2,1-5H3/p+1/b10-8-,16-14-,22-20-,26-25-,29-28-. The molecule has 0 aromatic rings. The van der Waals surface area contributed by atoms with E-state index in [4.69, 9.17) is 18.5 Å². The van der Waals surface area contributed by atoms with E-state index in [1.165, 1.54) is 238 Å². The Morgan fingerprint density at radius 2 is 0.695 bits per heavy atom. The van der Waals surface area contributed by atoms with Gasteiger partial charge in [-0.3, -0.25) is 18.6 Å². The van der Waals surface area contributed by atoms with Gasteiger partial charge in [-0.05, 0) is 57.8 Å². The summed E-state index contributed by atoms with van der Waals surface area (Å²) < 4.78 is 34.7. The number of carbonyl (C=O) groups excluding carboxylic acids is 2. The summed E-state index contributed by atoms with van der Waals surface area (Å²) in [6.45, 7) is 4.38. The molecule has 0 amide bonds. The van der Waals surface area contributed by atoms with E-state index in [-0.39, 0.29) is 25.6 Å². The van der Waals surface area contributed by atoms with Crippen molar-refractivity contribution in [2.45, 2.75) is 341 Å². The van der Waals surface area contributed by atoms with Crippen molar-refractivity contribution in [1.82, 2.24) is 0 Å². The summed E-state index contributed by atoms with van der Waals surface area (Å²) in [5, 5.41) is 0. The molecule has 9 nitrogen and oxygen atoms in total. The number of phosphoric ester groups is 1. The first kappa shape index (κ1) is 79.7. The maximum atomic E-state index is 12.9. The summed E-state index contributed by atoms with van der Waals surface area (Å²) >= 11 is 0. The van der Waals surface area contributed by atoms with Gasteiger partial charge in [-0.25, -0.2) is 4.57 Å². The number of likely N-dealkylation sites (N-methyl/N-ethyl adjacent to an activating group) is 1. The Balaban J connectivity index is 3.88. The fraction of sp³-hybridized carbons (Fsp3) is 0.833. The Bertz CT molecular complexity index is 1570. The number of phosphoric acid groups is 1. The molecule has 0 aromatic heterocycles. The summed E-state index contributed by atoms with van der Waals surface area (Å²) in [6.07, 6.45) is 83.4.